The normalized spacial score (nSPS) is 15.9. The van der Waals surface area contributed by atoms with Crippen LogP contribution in [-0.2, 0) is 14.8 Å². The van der Waals surface area contributed by atoms with Crippen molar-refractivity contribution in [1.82, 2.24) is 9.46 Å². The van der Waals surface area contributed by atoms with E-state index in [4.69, 9.17) is 8.94 Å². The highest BCUT2D eigenvalue weighted by Crippen LogP contribution is 2.29. The molecule has 0 saturated carbocycles. The van der Waals surface area contributed by atoms with E-state index in [1.54, 1.807) is 37.3 Å². The second-order valence-electron chi connectivity index (χ2n) is 7.46. The number of aryl methyl sites for hydroxylation is 1. The van der Waals surface area contributed by atoms with Crippen LogP contribution in [-0.4, -0.2) is 36.9 Å². The standard InChI is InChI=1S/C22H22FN3O5S/c1-15-21(20(31-25-15)9-8-17-5-4-14-30-17)32(28,29)26-12-10-16(11-13-26)22(27)24-19-7-3-2-6-18(19)23/h2-9,14,16H,10-13H2,1H3,(H,24,27). The number of sulfonamides is 1. The molecular weight excluding hydrogens is 437 g/mol. The summed E-state index contributed by atoms with van der Waals surface area (Å²) >= 11 is 0. The average molecular weight is 459 g/mol. The number of rotatable bonds is 6. The van der Waals surface area contributed by atoms with Gasteiger partial charge in [0.2, 0.25) is 15.9 Å². The van der Waals surface area contributed by atoms with Crippen LogP contribution in [0.1, 0.15) is 30.1 Å². The Morgan fingerprint density at radius 2 is 1.94 bits per heavy atom. The van der Waals surface area contributed by atoms with E-state index in [-0.39, 0.29) is 41.0 Å². The molecule has 1 aliphatic rings. The fourth-order valence-corrected chi connectivity index (χ4v) is 5.35. The van der Waals surface area contributed by atoms with Gasteiger partial charge in [0.25, 0.3) is 0 Å². The summed E-state index contributed by atoms with van der Waals surface area (Å²) in [4.78, 5) is 12.5. The predicted octanol–water partition coefficient (Wildman–Crippen LogP) is 3.92. The minimum absolute atomic E-state index is 0.00503. The molecule has 2 aromatic heterocycles. The summed E-state index contributed by atoms with van der Waals surface area (Å²) in [6, 6.07) is 9.37. The van der Waals surface area contributed by atoms with Gasteiger partial charge in [-0.05, 0) is 56.2 Å². The number of furan rings is 1. The van der Waals surface area contributed by atoms with Gasteiger partial charge in [0, 0.05) is 19.0 Å². The first-order chi connectivity index (χ1) is 15.4. The fourth-order valence-electron chi connectivity index (χ4n) is 3.63. The zero-order chi connectivity index (χ0) is 22.7. The number of carbonyl (C=O) groups excluding carboxylic acids is 1. The van der Waals surface area contributed by atoms with E-state index >= 15 is 0 Å². The van der Waals surface area contributed by atoms with Crippen molar-refractivity contribution in [2.75, 3.05) is 18.4 Å². The molecule has 0 spiro atoms. The summed E-state index contributed by atoms with van der Waals surface area (Å²) < 4.78 is 52.1. The van der Waals surface area contributed by atoms with E-state index in [1.165, 1.54) is 28.8 Å². The Morgan fingerprint density at radius 1 is 1.19 bits per heavy atom. The molecule has 1 N–H and O–H groups in total. The number of halogens is 1. The number of aromatic nitrogens is 1. The molecule has 0 unspecified atom stereocenters. The van der Waals surface area contributed by atoms with Crippen LogP contribution in [0.5, 0.6) is 0 Å². The molecule has 0 bridgehead atoms. The monoisotopic (exact) mass is 459 g/mol. The van der Waals surface area contributed by atoms with Gasteiger partial charge in [-0.3, -0.25) is 4.79 Å². The van der Waals surface area contributed by atoms with Crippen LogP contribution in [0.4, 0.5) is 10.1 Å². The van der Waals surface area contributed by atoms with Crippen molar-refractivity contribution in [3.8, 4) is 0 Å². The Labute approximate surface area is 184 Å². The minimum Gasteiger partial charge on any atom is -0.465 e. The van der Waals surface area contributed by atoms with Gasteiger partial charge in [0.1, 0.15) is 17.3 Å². The maximum Gasteiger partial charge on any atom is 0.248 e. The molecule has 0 radical (unpaired) electrons. The van der Waals surface area contributed by atoms with Gasteiger partial charge in [-0.15, -0.1) is 0 Å². The van der Waals surface area contributed by atoms with Gasteiger partial charge >= 0.3 is 0 Å². The molecule has 3 aromatic rings. The summed E-state index contributed by atoms with van der Waals surface area (Å²) in [5.74, 6) is -0.598. The van der Waals surface area contributed by atoms with Crippen molar-refractivity contribution in [3.05, 3.63) is 65.7 Å². The van der Waals surface area contributed by atoms with Crippen LogP contribution < -0.4 is 5.32 Å². The minimum atomic E-state index is -3.88. The molecule has 0 atom stereocenters. The van der Waals surface area contributed by atoms with Crippen LogP contribution in [0.25, 0.3) is 12.2 Å². The molecule has 4 rings (SSSR count). The van der Waals surface area contributed by atoms with Gasteiger partial charge in [0.15, 0.2) is 10.7 Å². The first kappa shape index (κ1) is 22.0. The summed E-state index contributed by atoms with van der Waals surface area (Å²) in [5.41, 5.74) is 0.365. The smallest absolute Gasteiger partial charge is 0.248 e. The third-order valence-corrected chi connectivity index (χ3v) is 7.39. The number of piperidine rings is 1. The van der Waals surface area contributed by atoms with Crippen molar-refractivity contribution in [3.63, 3.8) is 0 Å². The van der Waals surface area contributed by atoms with Gasteiger partial charge in [-0.2, -0.15) is 4.31 Å². The number of para-hydroxylation sites is 1. The molecule has 0 aliphatic carbocycles. The SMILES string of the molecule is Cc1noc(C=Cc2ccco2)c1S(=O)(=O)N1CCC(C(=O)Nc2ccccc2F)CC1. The molecule has 1 amide bonds. The Balaban J connectivity index is 1.45. The van der Waals surface area contributed by atoms with E-state index < -0.39 is 21.8 Å². The highest BCUT2D eigenvalue weighted by atomic mass is 32.2. The molecule has 1 aliphatic heterocycles. The van der Waals surface area contributed by atoms with Crippen LogP contribution in [0.2, 0.25) is 0 Å². The quantitative estimate of drug-likeness (QED) is 0.599. The van der Waals surface area contributed by atoms with Crippen LogP contribution >= 0.6 is 0 Å². The zero-order valence-electron chi connectivity index (χ0n) is 17.3. The Kier molecular flexibility index (Phi) is 6.24. The number of amides is 1. The van der Waals surface area contributed by atoms with Gasteiger partial charge in [0.05, 0.1) is 12.0 Å². The molecule has 10 heteroatoms. The number of carbonyl (C=O) groups is 1. The molecule has 3 heterocycles. The van der Waals surface area contributed by atoms with E-state index in [0.29, 0.717) is 18.6 Å². The Hall–Kier alpha value is -3.24. The molecule has 1 fully saturated rings. The third-order valence-electron chi connectivity index (χ3n) is 5.33. The highest BCUT2D eigenvalue weighted by Gasteiger charge is 2.36. The lowest BCUT2D eigenvalue weighted by Gasteiger charge is -2.30. The second-order valence-corrected chi connectivity index (χ2v) is 9.33. The van der Waals surface area contributed by atoms with Crippen molar-refractivity contribution < 1.29 is 26.5 Å². The van der Waals surface area contributed by atoms with E-state index in [9.17, 15) is 17.6 Å². The van der Waals surface area contributed by atoms with Gasteiger partial charge in [-0.1, -0.05) is 17.3 Å². The van der Waals surface area contributed by atoms with Crippen molar-refractivity contribution >= 4 is 33.8 Å². The first-order valence-electron chi connectivity index (χ1n) is 10.1. The van der Waals surface area contributed by atoms with Crippen LogP contribution in [0, 0.1) is 18.7 Å². The Morgan fingerprint density at radius 3 is 2.62 bits per heavy atom. The molecule has 1 aromatic carbocycles. The molecular formula is C22H22FN3O5S. The van der Waals surface area contributed by atoms with Crippen LogP contribution in [0.15, 0.2) is 56.5 Å². The third kappa shape index (κ3) is 4.51. The van der Waals surface area contributed by atoms with E-state index in [1.807, 2.05) is 0 Å². The largest absolute Gasteiger partial charge is 0.465 e. The summed E-state index contributed by atoms with van der Waals surface area (Å²) in [6.45, 7) is 1.88. The lowest BCUT2D eigenvalue weighted by molar-refractivity contribution is -0.120. The van der Waals surface area contributed by atoms with Crippen molar-refractivity contribution in [1.29, 1.82) is 0 Å². The van der Waals surface area contributed by atoms with Crippen LogP contribution in [0.3, 0.4) is 0 Å². The summed E-state index contributed by atoms with van der Waals surface area (Å²) in [6.07, 6.45) is 5.25. The summed E-state index contributed by atoms with van der Waals surface area (Å²) in [5, 5.41) is 6.40. The number of anilines is 1. The van der Waals surface area contributed by atoms with Crippen molar-refractivity contribution in [2.24, 2.45) is 5.92 Å². The van der Waals surface area contributed by atoms with E-state index in [0.717, 1.165) is 0 Å². The molecule has 8 nitrogen and oxygen atoms in total. The Bertz CT molecular complexity index is 1230. The topological polar surface area (TPSA) is 106 Å². The predicted molar refractivity (Wildman–Crippen MR) is 115 cm³/mol. The molecule has 168 valence electrons. The van der Waals surface area contributed by atoms with Gasteiger partial charge < -0.3 is 14.3 Å². The second kappa shape index (κ2) is 9.09. The number of hydrogen-bond acceptors (Lipinski definition) is 6. The molecule has 32 heavy (non-hydrogen) atoms. The number of benzene rings is 1. The number of nitrogens with zero attached hydrogens (tertiary/aromatic N) is 2. The van der Waals surface area contributed by atoms with Crippen molar-refractivity contribution in [2.45, 2.75) is 24.7 Å². The van der Waals surface area contributed by atoms with E-state index in [2.05, 4.69) is 10.5 Å². The number of hydrogen-bond donors (Lipinski definition) is 1. The average Bonchev–Trinajstić information content (AvgIpc) is 3.43. The fraction of sp³-hybridized carbons (Fsp3) is 0.273. The van der Waals surface area contributed by atoms with Gasteiger partial charge in [-0.25, -0.2) is 12.8 Å². The first-order valence-corrected chi connectivity index (χ1v) is 11.5. The zero-order valence-corrected chi connectivity index (χ0v) is 18.1. The lowest BCUT2D eigenvalue weighted by Crippen LogP contribution is -2.41. The lowest BCUT2D eigenvalue weighted by atomic mass is 9.97. The molecule has 1 saturated heterocycles. The number of nitrogens with one attached hydrogen (secondary N) is 1. The maximum atomic E-state index is 13.8. The highest BCUT2D eigenvalue weighted by molar-refractivity contribution is 7.89. The summed E-state index contributed by atoms with van der Waals surface area (Å²) in [7, 11) is -3.88. The maximum absolute atomic E-state index is 13.8.